The number of hydrogen-bond acceptors (Lipinski definition) is 4. The fourth-order valence-corrected chi connectivity index (χ4v) is 2.14. The highest BCUT2D eigenvalue weighted by Crippen LogP contribution is 2.20. The molecule has 0 saturated heterocycles. The lowest BCUT2D eigenvalue weighted by Gasteiger charge is -2.07. The average molecular weight is 348 g/mol. The molecule has 0 aliphatic rings. The monoisotopic (exact) mass is 348 g/mol. The third kappa shape index (κ3) is 6.66. The van der Waals surface area contributed by atoms with Gasteiger partial charge in [-0.1, -0.05) is 19.9 Å². The quantitative estimate of drug-likeness (QED) is 0.701. The van der Waals surface area contributed by atoms with Gasteiger partial charge in [-0.15, -0.1) is 0 Å². The number of aromatic nitrogens is 3. The number of ether oxygens (including phenoxy) is 1. The zero-order valence-electron chi connectivity index (χ0n) is 15.8. The Kier molecular flexibility index (Phi) is 9.47. The van der Waals surface area contributed by atoms with Gasteiger partial charge >= 0.3 is 0 Å². The Morgan fingerprint density at radius 3 is 2.80 bits per heavy atom. The molecule has 0 spiro atoms. The Hall–Kier alpha value is -2.21. The Balaban J connectivity index is 0.00000151. The van der Waals surface area contributed by atoms with E-state index in [4.69, 9.17) is 4.74 Å². The molecule has 0 amide bonds. The first-order valence-electron chi connectivity index (χ1n) is 8.79. The van der Waals surface area contributed by atoms with E-state index in [1.54, 1.807) is 6.08 Å². The Bertz CT molecular complexity index is 692. The van der Waals surface area contributed by atoms with Crippen molar-refractivity contribution < 1.29 is 9.13 Å². The second-order valence-corrected chi connectivity index (χ2v) is 5.31. The van der Waals surface area contributed by atoms with E-state index in [-0.39, 0.29) is 18.5 Å². The van der Waals surface area contributed by atoms with Crippen LogP contribution in [0.4, 0.5) is 10.2 Å². The van der Waals surface area contributed by atoms with E-state index in [1.165, 1.54) is 18.5 Å². The lowest BCUT2D eigenvalue weighted by Crippen LogP contribution is -2.04. The average Bonchev–Trinajstić information content (AvgIpc) is 3.04. The lowest BCUT2D eigenvalue weighted by atomic mass is 10.4. The van der Waals surface area contributed by atoms with Crippen LogP contribution in [0.25, 0.3) is 11.0 Å². The van der Waals surface area contributed by atoms with E-state index in [1.807, 2.05) is 40.0 Å². The number of aryl methyl sites for hydroxylation is 1. The van der Waals surface area contributed by atoms with Crippen molar-refractivity contribution in [2.45, 2.75) is 47.3 Å². The van der Waals surface area contributed by atoms with E-state index in [0.717, 1.165) is 23.4 Å². The minimum atomic E-state index is -0.308. The highest BCUT2D eigenvalue weighted by Gasteiger charge is 2.07. The summed E-state index contributed by atoms with van der Waals surface area (Å²) in [5.74, 6) is 0.441. The predicted molar refractivity (Wildman–Crippen MR) is 102 cm³/mol. The number of anilines is 1. The van der Waals surface area contributed by atoms with Gasteiger partial charge in [0.25, 0.3) is 0 Å². The second kappa shape index (κ2) is 11.4. The van der Waals surface area contributed by atoms with Crippen molar-refractivity contribution >= 4 is 16.9 Å². The lowest BCUT2D eigenvalue weighted by molar-refractivity contribution is 0.102. The Morgan fingerprint density at radius 2 is 2.12 bits per heavy atom. The van der Waals surface area contributed by atoms with Crippen LogP contribution in [-0.2, 0) is 11.3 Å². The van der Waals surface area contributed by atoms with Gasteiger partial charge in [0, 0.05) is 19.3 Å². The highest BCUT2D eigenvalue weighted by molar-refractivity contribution is 5.86. The van der Waals surface area contributed by atoms with Crippen LogP contribution in [0.15, 0.2) is 42.6 Å². The fraction of sp³-hybridized carbons (Fsp3) is 0.474. The van der Waals surface area contributed by atoms with Crippen LogP contribution in [0.5, 0.6) is 0 Å². The third-order valence-electron chi connectivity index (χ3n) is 3.26. The molecule has 2 rings (SSSR count). The van der Waals surface area contributed by atoms with E-state index >= 15 is 0 Å². The van der Waals surface area contributed by atoms with E-state index in [2.05, 4.69) is 26.8 Å². The normalized spacial score (nSPS) is 11.9. The number of fused-ring (bicyclic) bond motifs is 1. The van der Waals surface area contributed by atoms with Crippen molar-refractivity contribution in [3.8, 4) is 0 Å². The smallest absolute Gasteiger partial charge is 0.154 e. The molecule has 0 aliphatic carbocycles. The minimum Gasteiger partial charge on any atom is -0.375 e. The summed E-state index contributed by atoms with van der Waals surface area (Å²) in [5.41, 5.74) is 1.86. The van der Waals surface area contributed by atoms with Crippen molar-refractivity contribution in [1.82, 2.24) is 14.5 Å². The predicted octanol–water partition coefficient (Wildman–Crippen LogP) is 4.72. The van der Waals surface area contributed by atoms with Crippen LogP contribution in [0, 0.1) is 0 Å². The summed E-state index contributed by atoms with van der Waals surface area (Å²) in [6, 6.07) is 1.96. The Morgan fingerprint density at radius 1 is 1.36 bits per heavy atom. The third-order valence-corrected chi connectivity index (χ3v) is 3.26. The van der Waals surface area contributed by atoms with Crippen molar-refractivity contribution in [2.24, 2.45) is 0 Å². The fourth-order valence-electron chi connectivity index (χ4n) is 2.14. The maximum atomic E-state index is 13.5. The minimum absolute atomic E-state index is 0.0969. The van der Waals surface area contributed by atoms with Crippen LogP contribution in [0.1, 0.15) is 34.6 Å². The first-order chi connectivity index (χ1) is 12.1. The Labute approximate surface area is 149 Å². The highest BCUT2D eigenvalue weighted by atomic mass is 19.1. The summed E-state index contributed by atoms with van der Waals surface area (Å²) in [5, 5.41) is 3.19. The molecule has 2 heterocycles. The molecule has 0 unspecified atom stereocenters. The van der Waals surface area contributed by atoms with Crippen LogP contribution < -0.4 is 5.32 Å². The molecule has 5 nitrogen and oxygen atoms in total. The van der Waals surface area contributed by atoms with Gasteiger partial charge in [0.05, 0.1) is 18.2 Å². The van der Waals surface area contributed by atoms with E-state index in [0.29, 0.717) is 6.54 Å². The van der Waals surface area contributed by atoms with Crippen molar-refractivity contribution in [3.05, 3.63) is 42.6 Å². The van der Waals surface area contributed by atoms with Crippen molar-refractivity contribution in [1.29, 1.82) is 0 Å². The molecule has 2 aromatic heterocycles. The summed E-state index contributed by atoms with van der Waals surface area (Å²) in [4.78, 5) is 8.51. The van der Waals surface area contributed by atoms with Crippen LogP contribution in [0.3, 0.4) is 0 Å². The summed E-state index contributed by atoms with van der Waals surface area (Å²) < 4.78 is 20.9. The second-order valence-electron chi connectivity index (χ2n) is 5.31. The molecule has 0 radical (unpaired) electrons. The van der Waals surface area contributed by atoms with Crippen LogP contribution in [-0.4, -0.2) is 33.8 Å². The molecule has 1 N–H and O–H groups in total. The summed E-state index contributed by atoms with van der Waals surface area (Å²) in [6.07, 6.45) is 8.17. The molecule has 0 saturated carbocycles. The van der Waals surface area contributed by atoms with Gasteiger partial charge in [-0.2, -0.15) is 0 Å². The molecule has 0 atom stereocenters. The SMILES string of the molecule is CC.CCn1ccc2ncnc(NC/C=C\C(F)=C/COC(C)C)c21. The summed E-state index contributed by atoms with van der Waals surface area (Å²) in [6.45, 7) is 11.5. The topological polar surface area (TPSA) is 52.0 Å². The van der Waals surface area contributed by atoms with Crippen molar-refractivity contribution in [2.75, 3.05) is 18.5 Å². The van der Waals surface area contributed by atoms with E-state index < -0.39 is 0 Å². The van der Waals surface area contributed by atoms with Crippen LogP contribution >= 0.6 is 0 Å². The van der Waals surface area contributed by atoms with Gasteiger partial charge in [0.2, 0.25) is 0 Å². The number of rotatable bonds is 8. The van der Waals surface area contributed by atoms with Gasteiger partial charge in [0.15, 0.2) is 5.82 Å². The number of allylic oxidation sites excluding steroid dienone is 2. The maximum absolute atomic E-state index is 13.5. The summed E-state index contributed by atoms with van der Waals surface area (Å²) in [7, 11) is 0. The van der Waals surface area contributed by atoms with Crippen molar-refractivity contribution in [3.63, 3.8) is 0 Å². The van der Waals surface area contributed by atoms with Gasteiger partial charge in [0.1, 0.15) is 17.7 Å². The standard InChI is InChI=1S/C17H23FN4O.C2H6/c1-4-22-10-7-15-16(22)17(21-12-20-15)19-9-5-6-14(18)8-11-23-13(2)3;1-2/h5-8,10,12-13H,4,9,11H2,1-3H3,(H,19,20,21);1-2H3/b6-5-,14-8+;. The van der Waals surface area contributed by atoms with E-state index in [9.17, 15) is 4.39 Å². The zero-order valence-corrected chi connectivity index (χ0v) is 15.8. The first kappa shape index (κ1) is 20.8. The molecular weight excluding hydrogens is 319 g/mol. The summed E-state index contributed by atoms with van der Waals surface area (Å²) >= 11 is 0. The number of nitrogens with one attached hydrogen (secondary N) is 1. The maximum Gasteiger partial charge on any atom is 0.154 e. The molecule has 0 aliphatic heterocycles. The number of nitrogens with zero attached hydrogens (tertiary/aromatic N) is 3. The van der Waals surface area contributed by atoms with Gasteiger partial charge < -0.3 is 14.6 Å². The van der Waals surface area contributed by atoms with Crippen LogP contribution in [0.2, 0.25) is 0 Å². The molecule has 138 valence electrons. The molecule has 25 heavy (non-hydrogen) atoms. The molecule has 2 aromatic rings. The molecule has 0 fully saturated rings. The van der Waals surface area contributed by atoms with Gasteiger partial charge in [-0.25, -0.2) is 14.4 Å². The number of hydrogen-bond donors (Lipinski definition) is 1. The molecule has 6 heteroatoms. The zero-order chi connectivity index (χ0) is 18.7. The molecule has 0 bridgehead atoms. The van der Waals surface area contributed by atoms with Gasteiger partial charge in [-0.05, 0) is 39.0 Å². The first-order valence-corrected chi connectivity index (χ1v) is 8.79. The number of halogens is 1. The molecular formula is C19H29FN4O. The molecule has 0 aromatic carbocycles. The largest absolute Gasteiger partial charge is 0.375 e. The van der Waals surface area contributed by atoms with Gasteiger partial charge in [-0.3, -0.25) is 0 Å².